The predicted molar refractivity (Wildman–Crippen MR) is 93.3 cm³/mol. The van der Waals surface area contributed by atoms with E-state index in [0.717, 1.165) is 16.9 Å². The summed E-state index contributed by atoms with van der Waals surface area (Å²) in [5.74, 6) is -0.117. The van der Waals surface area contributed by atoms with Crippen molar-refractivity contribution in [3.05, 3.63) is 57.2 Å². The third kappa shape index (κ3) is 2.72. The van der Waals surface area contributed by atoms with Crippen LogP contribution < -0.4 is 5.43 Å². The quantitative estimate of drug-likeness (QED) is 0.739. The molecule has 2 aromatic carbocycles. The molecule has 3 rings (SSSR count). The Morgan fingerprint density at radius 1 is 1.13 bits per heavy atom. The minimum Gasteiger partial charge on any atom is -0.481 e. The van der Waals surface area contributed by atoms with Crippen LogP contribution in [-0.2, 0) is 17.0 Å². The Balaban J connectivity index is 2.39. The van der Waals surface area contributed by atoms with E-state index in [-0.39, 0.29) is 11.8 Å². The van der Waals surface area contributed by atoms with Gasteiger partial charge in [-0.2, -0.15) is 11.8 Å². The molecule has 1 heterocycles. The van der Waals surface area contributed by atoms with Gasteiger partial charge in [-0.1, -0.05) is 18.2 Å². The van der Waals surface area contributed by atoms with Crippen LogP contribution in [0.5, 0.6) is 0 Å². The highest BCUT2D eigenvalue weighted by Gasteiger charge is 2.15. The van der Waals surface area contributed by atoms with E-state index in [9.17, 15) is 9.59 Å². The fourth-order valence-corrected chi connectivity index (χ4v) is 3.41. The van der Waals surface area contributed by atoms with Crippen molar-refractivity contribution < 1.29 is 14.3 Å². The number of carbonyl (C=O) groups is 1. The highest BCUT2D eigenvalue weighted by Crippen LogP contribution is 2.27. The van der Waals surface area contributed by atoms with Crippen molar-refractivity contribution in [1.29, 1.82) is 0 Å². The van der Waals surface area contributed by atoms with Crippen LogP contribution in [0.3, 0.4) is 0 Å². The van der Waals surface area contributed by atoms with E-state index in [1.165, 1.54) is 0 Å². The summed E-state index contributed by atoms with van der Waals surface area (Å²) in [5, 5.41) is 10.0. The molecule has 0 saturated heterocycles. The molecule has 0 aliphatic carbocycles. The zero-order valence-electron chi connectivity index (χ0n) is 12.9. The number of rotatable bonds is 4. The molecule has 4 nitrogen and oxygen atoms in total. The Hall–Kier alpha value is -2.27. The number of aryl methyl sites for hydroxylation is 1. The highest BCUT2D eigenvalue weighted by molar-refractivity contribution is 7.97. The molecular formula is C18H16O4S. The van der Waals surface area contributed by atoms with Crippen LogP contribution in [0.15, 0.2) is 39.5 Å². The Morgan fingerprint density at radius 2 is 1.87 bits per heavy atom. The van der Waals surface area contributed by atoms with E-state index in [1.807, 2.05) is 19.2 Å². The van der Waals surface area contributed by atoms with Gasteiger partial charge in [0.1, 0.15) is 11.2 Å². The van der Waals surface area contributed by atoms with Gasteiger partial charge >= 0.3 is 5.97 Å². The monoisotopic (exact) mass is 328 g/mol. The molecular weight excluding hydrogens is 312 g/mol. The Labute approximate surface area is 137 Å². The number of hydrogen-bond acceptors (Lipinski definition) is 4. The number of para-hydroxylation sites is 1. The third-order valence-electron chi connectivity index (χ3n) is 3.95. The summed E-state index contributed by atoms with van der Waals surface area (Å²) >= 11 is 1.70. The van der Waals surface area contributed by atoms with Crippen molar-refractivity contribution in [1.82, 2.24) is 0 Å². The lowest BCUT2D eigenvalue weighted by Crippen LogP contribution is -2.07. The summed E-state index contributed by atoms with van der Waals surface area (Å²) in [7, 11) is 0. The van der Waals surface area contributed by atoms with Crippen LogP contribution in [0.2, 0.25) is 0 Å². The van der Waals surface area contributed by atoms with Gasteiger partial charge in [0.15, 0.2) is 0 Å². The fraction of sp³-hybridized carbons (Fsp3) is 0.222. The smallest absolute Gasteiger partial charge is 0.307 e. The summed E-state index contributed by atoms with van der Waals surface area (Å²) < 4.78 is 6.00. The second-order valence-electron chi connectivity index (χ2n) is 5.45. The van der Waals surface area contributed by atoms with Gasteiger partial charge in [-0.05, 0) is 36.4 Å². The SMILES string of the molecule is CSCc1ccc2c(=O)c3cccc(CC(=O)O)c3oc2c1C. The molecule has 0 atom stereocenters. The molecule has 0 aliphatic heterocycles. The first kappa shape index (κ1) is 15.6. The second kappa shape index (κ2) is 6.08. The maximum atomic E-state index is 12.7. The van der Waals surface area contributed by atoms with Crippen molar-refractivity contribution in [2.75, 3.05) is 6.26 Å². The van der Waals surface area contributed by atoms with Gasteiger partial charge in [-0.25, -0.2) is 0 Å². The molecule has 118 valence electrons. The molecule has 0 bridgehead atoms. The number of carboxylic acids is 1. The second-order valence-corrected chi connectivity index (χ2v) is 6.32. The molecule has 1 aromatic heterocycles. The van der Waals surface area contributed by atoms with Gasteiger partial charge in [0.2, 0.25) is 5.43 Å². The molecule has 0 radical (unpaired) electrons. The lowest BCUT2D eigenvalue weighted by molar-refractivity contribution is -0.136. The first-order chi connectivity index (χ1) is 11.0. The molecule has 0 unspecified atom stereocenters. The van der Waals surface area contributed by atoms with Crippen LogP contribution in [0, 0.1) is 6.92 Å². The molecule has 5 heteroatoms. The van der Waals surface area contributed by atoms with Crippen molar-refractivity contribution in [2.24, 2.45) is 0 Å². The Kier molecular flexibility index (Phi) is 4.13. The number of fused-ring (bicyclic) bond motifs is 2. The van der Waals surface area contributed by atoms with Crippen LogP contribution in [0.4, 0.5) is 0 Å². The van der Waals surface area contributed by atoms with E-state index in [1.54, 1.807) is 36.0 Å². The average molecular weight is 328 g/mol. The average Bonchev–Trinajstić information content (AvgIpc) is 2.51. The van der Waals surface area contributed by atoms with Gasteiger partial charge in [-0.3, -0.25) is 9.59 Å². The third-order valence-corrected chi connectivity index (χ3v) is 4.55. The molecule has 0 spiro atoms. The predicted octanol–water partition coefficient (Wildman–Crippen LogP) is 3.74. The number of carboxylic acid groups (broad SMARTS) is 1. The molecule has 0 saturated carbocycles. The van der Waals surface area contributed by atoms with Gasteiger partial charge in [0.25, 0.3) is 0 Å². The number of thioether (sulfide) groups is 1. The van der Waals surface area contributed by atoms with Crippen molar-refractivity contribution in [3.8, 4) is 0 Å². The number of hydrogen-bond donors (Lipinski definition) is 1. The minimum absolute atomic E-state index is 0.118. The maximum absolute atomic E-state index is 12.7. The summed E-state index contributed by atoms with van der Waals surface area (Å²) in [4.78, 5) is 23.8. The standard InChI is InChI=1S/C18H16O4S/c1-10-12(9-23-2)6-7-14-16(21)13-5-3-4-11(8-15(19)20)18(13)22-17(10)14/h3-7H,8-9H2,1-2H3,(H,19,20). The number of aliphatic carboxylic acids is 1. The van der Waals surface area contributed by atoms with Crippen LogP contribution in [0.25, 0.3) is 21.9 Å². The highest BCUT2D eigenvalue weighted by atomic mass is 32.2. The molecule has 0 aliphatic rings. The summed E-state index contributed by atoms with van der Waals surface area (Å²) in [6.07, 6.45) is 1.85. The first-order valence-corrected chi connectivity index (χ1v) is 8.60. The van der Waals surface area contributed by atoms with Gasteiger partial charge in [0, 0.05) is 11.3 Å². The molecule has 1 N–H and O–H groups in total. The van der Waals surface area contributed by atoms with Gasteiger partial charge in [-0.15, -0.1) is 0 Å². The zero-order chi connectivity index (χ0) is 16.6. The van der Waals surface area contributed by atoms with E-state index in [2.05, 4.69) is 0 Å². The summed E-state index contributed by atoms with van der Waals surface area (Å²) in [6, 6.07) is 8.81. The van der Waals surface area contributed by atoms with Crippen LogP contribution in [-0.4, -0.2) is 17.3 Å². The molecule has 3 aromatic rings. The van der Waals surface area contributed by atoms with Crippen LogP contribution in [0.1, 0.15) is 16.7 Å². The molecule has 0 fully saturated rings. The maximum Gasteiger partial charge on any atom is 0.307 e. The Bertz CT molecular complexity index is 972. The van der Waals surface area contributed by atoms with E-state index in [4.69, 9.17) is 9.52 Å². The summed E-state index contributed by atoms with van der Waals surface area (Å²) in [5.41, 5.74) is 3.36. The van der Waals surface area contributed by atoms with E-state index in [0.29, 0.717) is 27.5 Å². The van der Waals surface area contributed by atoms with Crippen molar-refractivity contribution >= 4 is 39.7 Å². The zero-order valence-corrected chi connectivity index (χ0v) is 13.7. The lowest BCUT2D eigenvalue weighted by Gasteiger charge is -2.10. The van der Waals surface area contributed by atoms with E-state index < -0.39 is 5.97 Å². The minimum atomic E-state index is -0.951. The topological polar surface area (TPSA) is 67.5 Å². The van der Waals surface area contributed by atoms with Crippen molar-refractivity contribution in [2.45, 2.75) is 19.1 Å². The first-order valence-electron chi connectivity index (χ1n) is 7.20. The summed E-state index contributed by atoms with van der Waals surface area (Å²) in [6.45, 7) is 1.93. The van der Waals surface area contributed by atoms with Gasteiger partial charge in [0.05, 0.1) is 17.2 Å². The fourth-order valence-electron chi connectivity index (χ4n) is 2.79. The van der Waals surface area contributed by atoms with E-state index >= 15 is 0 Å². The largest absolute Gasteiger partial charge is 0.481 e. The van der Waals surface area contributed by atoms with Gasteiger partial charge < -0.3 is 9.52 Å². The van der Waals surface area contributed by atoms with Crippen LogP contribution >= 0.6 is 11.8 Å². The normalized spacial score (nSPS) is 11.2. The molecule has 23 heavy (non-hydrogen) atoms. The number of benzene rings is 2. The van der Waals surface area contributed by atoms with Crippen molar-refractivity contribution in [3.63, 3.8) is 0 Å². The Morgan fingerprint density at radius 3 is 2.57 bits per heavy atom. The lowest BCUT2D eigenvalue weighted by atomic mass is 10.0. The molecule has 0 amide bonds.